The topological polar surface area (TPSA) is 12.0 Å². The number of hydrogen-bond donors (Lipinski definition) is 1. The van der Waals surface area contributed by atoms with Crippen molar-refractivity contribution in [3.05, 3.63) is 33.3 Å². The van der Waals surface area contributed by atoms with Crippen molar-refractivity contribution in [2.75, 3.05) is 6.54 Å². The van der Waals surface area contributed by atoms with Crippen molar-refractivity contribution in [2.24, 2.45) is 0 Å². The normalized spacial score (nSPS) is 10.9. The van der Waals surface area contributed by atoms with Crippen LogP contribution >= 0.6 is 27.5 Å². The van der Waals surface area contributed by atoms with E-state index in [1.807, 2.05) is 6.07 Å². The van der Waals surface area contributed by atoms with Gasteiger partial charge in [-0.2, -0.15) is 0 Å². The van der Waals surface area contributed by atoms with Crippen LogP contribution < -0.4 is 5.32 Å². The Kier molecular flexibility index (Phi) is 10.4. The van der Waals surface area contributed by atoms with E-state index in [0.29, 0.717) is 0 Å². The minimum absolute atomic E-state index is 0.775. The van der Waals surface area contributed by atoms with Crippen molar-refractivity contribution in [1.82, 2.24) is 5.32 Å². The number of unbranched alkanes of at least 4 members (excludes halogenated alkanes) is 7. The molecule has 0 saturated heterocycles. The molecule has 0 atom stereocenters. The molecule has 1 aromatic rings. The molecule has 0 aliphatic carbocycles. The molecule has 0 saturated carbocycles. The Bertz CT molecular complexity index is 368. The first-order valence-corrected chi connectivity index (χ1v) is 9.05. The van der Waals surface area contributed by atoms with E-state index in [1.54, 1.807) is 0 Å². The van der Waals surface area contributed by atoms with E-state index in [-0.39, 0.29) is 0 Å². The van der Waals surface area contributed by atoms with E-state index in [1.165, 1.54) is 56.9 Å². The molecule has 0 amide bonds. The standard InChI is InChI=1S/C17H27BrClN/c1-2-3-4-5-6-7-8-9-12-20-14-15-10-11-17(19)16(18)13-15/h10-11,13,20H,2-9,12,14H2,1H3. The molecule has 0 aliphatic heterocycles. The van der Waals surface area contributed by atoms with Crippen molar-refractivity contribution in [3.63, 3.8) is 0 Å². The van der Waals surface area contributed by atoms with E-state index in [4.69, 9.17) is 11.6 Å². The third kappa shape index (κ3) is 8.28. The van der Waals surface area contributed by atoms with Gasteiger partial charge in [-0.15, -0.1) is 0 Å². The SMILES string of the molecule is CCCCCCCCCCNCc1ccc(Cl)c(Br)c1. The van der Waals surface area contributed by atoms with Crippen molar-refractivity contribution >= 4 is 27.5 Å². The van der Waals surface area contributed by atoms with Crippen LogP contribution in [0.2, 0.25) is 5.02 Å². The minimum Gasteiger partial charge on any atom is -0.313 e. The van der Waals surface area contributed by atoms with Crippen LogP contribution in [0.5, 0.6) is 0 Å². The van der Waals surface area contributed by atoms with Gasteiger partial charge in [-0.05, 0) is 46.6 Å². The van der Waals surface area contributed by atoms with Gasteiger partial charge in [-0.3, -0.25) is 0 Å². The van der Waals surface area contributed by atoms with Gasteiger partial charge in [0.05, 0.1) is 5.02 Å². The molecule has 1 aromatic carbocycles. The molecule has 1 N–H and O–H groups in total. The van der Waals surface area contributed by atoms with Crippen LogP contribution in [0.4, 0.5) is 0 Å². The van der Waals surface area contributed by atoms with Gasteiger partial charge in [-0.25, -0.2) is 0 Å². The molecule has 0 heterocycles. The van der Waals surface area contributed by atoms with Crippen LogP contribution in [-0.2, 0) is 6.54 Å². The third-order valence-corrected chi connectivity index (χ3v) is 4.73. The average molecular weight is 361 g/mol. The summed E-state index contributed by atoms with van der Waals surface area (Å²) in [4.78, 5) is 0. The lowest BCUT2D eigenvalue weighted by atomic mass is 10.1. The monoisotopic (exact) mass is 359 g/mol. The van der Waals surface area contributed by atoms with Gasteiger partial charge in [0.2, 0.25) is 0 Å². The predicted molar refractivity (Wildman–Crippen MR) is 93.5 cm³/mol. The summed E-state index contributed by atoms with van der Waals surface area (Å²) in [5.41, 5.74) is 1.28. The Morgan fingerprint density at radius 1 is 1.00 bits per heavy atom. The van der Waals surface area contributed by atoms with Crippen LogP contribution in [0.15, 0.2) is 22.7 Å². The summed E-state index contributed by atoms with van der Waals surface area (Å²) in [7, 11) is 0. The van der Waals surface area contributed by atoms with Gasteiger partial charge in [0.25, 0.3) is 0 Å². The Morgan fingerprint density at radius 2 is 1.65 bits per heavy atom. The fourth-order valence-corrected chi connectivity index (χ4v) is 2.81. The smallest absolute Gasteiger partial charge is 0.0548 e. The van der Waals surface area contributed by atoms with E-state index < -0.39 is 0 Å². The number of benzene rings is 1. The predicted octanol–water partition coefficient (Wildman–Crippen LogP) is 6.33. The lowest BCUT2D eigenvalue weighted by molar-refractivity contribution is 0.555. The Morgan fingerprint density at radius 3 is 2.30 bits per heavy atom. The highest BCUT2D eigenvalue weighted by molar-refractivity contribution is 9.10. The zero-order chi connectivity index (χ0) is 14.6. The molecule has 20 heavy (non-hydrogen) atoms. The molecule has 1 rings (SSSR count). The fraction of sp³-hybridized carbons (Fsp3) is 0.647. The van der Waals surface area contributed by atoms with Crippen molar-refractivity contribution in [3.8, 4) is 0 Å². The van der Waals surface area contributed by atoms with Crippen molar-refractivity contribution in [1.29, 1.82) is 0 Å². The number of hydrogen-bond acceptors (Lipinski definition) is 1. The number of rotatable bonds is 11. The molecule has 0 aliphatic rings. The minimum atomic E-state index is 0.775. The van der Waals surface area contributed by atoms with E-state index in [9.17, 15) is 0 Å². The highest BCUT2D eigenvalue weighted by Gasteiger charge is 1.98. The second kappa shape index (κ2) is 11.6. The maximum Gasteiger partial charge on any atom is 0.0548 e. The average Bonchev–Trinajstić information content (AvgIpc) is 2.45. The fourth-order valence-electron chi connectivity index (χ4n) is 2.27. The summed E-state index contributed by atoms with van der Waals surface area (Å²) in [5.74, 6) is 0. The summed E-state index contributed by atoms with van der Waals surface area (Å²) in [5, 5.41) is 4.27. The maximum atomic E-state index is 5.98. The first-order chi connectivity index (χ1) is 9.74. The van der Waals surface area contributed by atoms with Crippen LogP contribution in [0, 0.1) is 0 Å². The summed E-state index contributed by atoms with van der Waals surface area (Å²) in [6.45, 7) is 4.30. The molecular formula is C17H27BrClN. The van der Waals surface area contributed by atoms with Crippen LogP contribution in [-0.4, -0.2) is 6.54 Å². The van der Waals surface area contributed by atoms with Crippen LogP contribution in [0.1, 0.15) is 63.9 Å². The maximum absolute atomic E-state index is 5.98. The lowest BCUT2D eigenvalue weighted by Crippen LogP contribution is -2.14. The molecule has 3 heteroatoms. The van der Waals surface area contributed by atoms with Gasteiger partial charge in [0.15, 0.2) is 0 Å². The molecule has 114 valence electrons. The van der Waals surface area contributed by atoms with Crippen LogP contribution in [0.3, 0.4) is 0 Å². The molecule has 1 nitrogen and oxygen atoms in total. The lowest BCUT2D eigenvalue weighted by Gasteiger charge is -2.06. The second-order valence-electron chi connectivity index (χ2n) is 5.40. The molecule has 0 bridgehead atoms. The van der Waals surface area contributed by atoms with E-state index in [2.05, 4.69) is 40.3 Å². The first kappa shape index (κ1) is 18.0. The quantitative estimate of drug-likeness (QED) is 0.454. The first-order valence-electron chi connectivity index (χ1n) is 7.88. The van der Waals surface area contributed by atoms with Crippen molar-refractivity contribution in [2.45, 2.75) is 64.8 Å². The largest absolute Gasteiger partial charge is 0.313 e. The third-order valence-electron chi connectivity index (χ3n) is 3.52. The zero-order valence-corrected chi connectivity index (χ0v) is 14.9. The van der Waals surface area contributed by atoms with Gasteiger partial charge in [0.1, 0.15) is 0 Å². The highest BCUT2D eigenvalue weighted by atomic mass is 79.9. The molecule has 0 radical (unpaired) electrons. The summed E-state index contributed by atoms with van der Waals surface area (Å²) >= 11 is 9.43. The number of nitrogens with one attached hydrogen (secondary N) is 1. The summed E-state index contributed by atoms with van der Waals surface area (Å²) in [6.07, 6.45) is 11.0. The second-order valence-corrected chi connectivity index (χ2v) is 6.66. The van der Waals surface area contributed by atoms with Gasteiger partial charge in [-0.1, -0.05) is 69.5 Å². The molecule has 0 spiro atoms. The Balaban J connectivity index is 1.95. The van der Waals surface area contributed by atoms with Gasteiger partial charge < -0.3 is 5.32 Å². The van der Waals surface area contributed by atoms with Crippen molar-refractivity contribution < 1.29 is 0 Å². The molecule has 0 unspecified atom stereocenters. The molecule has 0 aromatic heterocycles. The number of halogens is 2. The van der Waals surface area contributed by atoms with E-state index in [0.717, 1.165) is 22.6 Å². The Labute approximate surface area is 137 Å². The Hall–Kier alpha value is -0.0500. The van der Waals surface area contributed by atoms with Crippen LogP contribution in [0.25, 0.3) is 0 Å². The van der Waals surface area contributed by atoms with Gasteiger partial charge in [0, 0.05) is 11.0 Å². The summed E-state index contributed by atoms with van der Waals surface area (Å²) < 4.78 is 0.977. The summed E-state index contributed by atoms with van der Waals surface area (Å²) in [6, 6.07) is 6.11. The van der Waals surface area contributed by atoms with E-state index >= 15 is 0 Å². The highest BCUT2D eigenvalue weighted by Crippen LogP contribution is 2.23. The zero-order valence-electron chi connectivity index (χ0n) is 12.6. The molecular weight excluding hydrogens is 334 g/mol. The molecule has 0 fully saturated rings. The van der Waals surface area contributed by atoms with Gasteiger partial charge >= 0.3 is 0 Å².